The van der Waals surface area contributed by atoms with E-state index in [9.17, 15) is 13.2 Å². The Balaban J connectivity index is 4.33. The van der Waals surface area contributed by atoms with Crippen molar-refractivity contribution >= 4 is 16.0 Å². The zero-order valence-electron chi connectivity index (χ0n) is 9.38. The molecule has 0 saturated carbocycles. The second kappa shape index (κ2) is 6.45. The average molecular weight is 248 g/mol. The van der Waals surface area contributed by atoms with Crippen molar-refractivity contribution in [3.05, 3.63) is 0 Å². The summed E-state index contributed by atoms with van der Waals surface area (Å²) in [7, 11) is -2.29. The summed E-state index contributed by atoms with van der Waals surface area (Å²) in [4.78, 5) is 10.6. The summed E-state index contributed by atoms with van der Waals surface area (Å²) in [6.45, 7) is 1.31. The highest BCUT2D eigenvalue weighted by Gasteiger charge is 2.27. The van der Waals surface area contributed by atoms with Crippen molar-refractivity contribution in [3.8, 4) is 6.07 Å². The molecule has 0 aromatic rings. The summed E-state index contributed by atoms with van der Waals surface area (Å²) in [5.74, 6) is -1.30. The minimum atomic E-state index is -3.54. The molecule has 92 valence electrons. The van der Waals surface area contributed by atoms with Crippen LogP contribution in [0.25, 0.3) is 0 Å². The number of nitrogens with zero attached hydrogens (tertiary/aromatic N) is 2. The number of unbranched alkanes of at least 4 members (excludes halogenated alkanes) is 2. The Kier molecular flexibility index (Phi) is 6.00. The van der Waals surface area contributed by atoms with Crippen LogP contribution in [-0.2, 0) is 14.8 Å². The van der Waals surface area contributed by atoms with Gasteiger partial charge in [0.25, 0.3) is 0 Å². The van der Waals surface area contributed by atoms with Gasteiger partial charge in [0.15, 0.2) is 0 Å². The first-order valence-corrected chi connectivity index (χ1v) is 6.49. The maximum absolute atomic E-state index is 11.6. The lowest BCUT2D eigenvalue weighted by Crippen LogP contribution is -2.41. The van der Waals surface area contributed by atoms with E-state index in [2.05, 4.69) is 0 Å². The lowest BCUT2D eigenvalue weighted by Gasteiger charge is -2.20. The molecule has 1 N–H and O–H groups in total. The van der Waals surface area contributed by atoms with Crippen LogP contribution in [0.15, 0.2) is 0 Å². The number of nitriles is 1. The van der Waals surface area contributed by atoms with Crippen molar-refractivity contribution in [2.75, 3.05) is 12.8 Å². The van der Waals surface area contributed by atoms with E-state index >= 15 is 0 Å². The number of sulfonamides is 1. The third-order valence-corrected chi connectivity index (χ3v) is 4.28. The van der Waals surface area contributed by atoms with Crippen LogP contribution in [-0.4, -0.2) is 42.6 Å². The zero-order valence-corrected chi connectivity index (χ0v) is 10.2. The van der Waals surface area contributed by atoms with Gasteiger partial charge in [-0.1, -0.05) is 0 Å². The molecular formula is C9H16N2O4S. The Morgan fingerprint density at radius 2 is 2.06 bits per heavy atom. The van der Waals surface area contributed by atoms with E-state index in [4.69, 9.17) is 10.4 Å². The highest BCUT2D eigenvalue weighted by atomic mass is 32.2. The third kappa shape index (κ3) is 4.59. The number of carboxylic acid groups (broad SMARTS) is 1. The average Bonchev–Trinajstić information content (AvgIpc) is 2.22. The van der Waals surface area contributed by atoms with Crippen LogP contribution in [0, 0.1) is 11.3 Å². The predicted molar refractivity (Wildman–Crippen MR) is 58.1 cm³/mol. The second-order valence-corrected chi connectivity index (χ2v) is 5.61. The zero-order chi connectivity index (χ0) is 12.8. The van der Waals surface area contributed by atoms with Gasteiger partial charge in [-0.15, -0.1) is 0 Å². The minimum Gasteiger partial charge on any atom is -0.480 e. The molecular weight excluding hydrogens is 232 g/mol. The van der Waals surface area contributed by atoms with E-state index < -0.39 is 22.0 Å². The SMILES string of the molecule is CC(C(=O)O)N(C)S(=O)(=O)CCCCC#N. The number of likely N-dealkylation sites (N-methyl/N-ethyl adjacent to an activating group) is 1. The number of hydrogen-bond donors (Lipinski definition) is 1. The topological polar surface area (TPSA) is 98.5 Å². The van der Waals surface area contributed by atoms with Gasteiger partial charge in [0, 0.05) is 13.5 Å². The van der Waals surface area contributed by atoms with Crippen molar-refractivity contribution in [1.29, 1.82) is 5.26 Å². The minimum absolute atomic E-state index is 0.122. The lowest BCUT2D eigenvalue weighted by atomic mass is 10.3. The van der Waals surface area contributed by atoms with E-state index in [1.807, 2.05) is 6.07 Å². The molecule has 0 heterocycles. The van der Waals surface area contributed by atoms with E-state index in [-0.39, 0.29) is 5.75 Å². The van der Waals surface area contributed by atoms with E-state index in [0.717, 1.165) is 4.31 Å². The Labute approximate surface area is 95.5 Å². The largest absolute Gasteiger partial charge is 0.480 e. The molecule has 0 aliphatic rings. The molecule has 1 atom stereocenters. The smallest absolute Gasteiger partial charge is 0.321 e. The summed E-state index contributed by atoms with van der Waals surface area (Å²) >= 11 is 0. The predicted octanol–water partition coefficient (Wildman–Crippen LogP) is 0.415. The third-order valence-electron chi connectivity index (χ3n) is 2.28. The van der Waals surface area contributed by atoms with Gasteiger partial charge in [-0.25, -0.2) is 8.42 Å². The van der Waals surface area contributed by atoms with E-state index in [1.165, 1.54) is 14.0 Å². The molecule has 0 aromatic carbocycles. The van der Waals surface area contributed by atoms with Crippen LogP contribution in [0.2, 0.25) is 0 Å². The van der Waals surface area contributed by atoms with Gasteiger partial charge < -0.3 is 5.11 Å². The molecule has 0 aliphatic heterocycles. The highest BCUT2D eigenvalue weighted by molar-refractivity contribution is 7.89. The van der Waals surface area contributed by atoms with Gasteiger partial charge in [0.1, 0.15) is 6.04 Å². The first kappa shape index (κ1) is 14.9. The van der Waals surface area contributed by atoms with Gasteiger partial charge in [0.05, 0.1) is 11.8 Å². The van der Waals surface area contributed by atoms with Crippen molar-refractivity contribution in [2.24, 2.45) is 0 Å². The molecule has 0 aromatic heterocycles. The molecule has 0 fully saturated rings. The van der Waals surface area contributed by atoms with E-state index in [0.29, 0.717) is 19.3 Å². The Hall–Kier alpha value is -1.13. The quantitative estimate of drug-likeness (QED) is 0.658. The molecule has 0 bridgehead atoms. The normalized spacial score (nSPS) is 13.4. The first-order chi connectivity index (χ1) is 7.33. The standard InChI is InChI=1S/C9H16N2O4S/c1-8(9(12)13)11(2)16(14,15)7-5-3-4-6-10/h8H,3-5,7H2,1-2H3,(H,12,13). The van der Waals surface area contributed by atoms with Crippen LogP contribution in [0.1, 0.15) is 26.2 Å². The first-order valence-electron chi connectivity index (χ1n) is 4.88. The van der Waals surface area contributed by atoms with Crippen molar-refractivity contribution < 1.29 is 18.3 Å². The fourth-order valence-corrected chi connectivity index (χ4v) is 2.46. The number of rotatable bonds is 7. The molecule has 0 amide bonds. The van der Waals surface area contributed by atoms with Crippen molar-refractivity contribution in [2.45, 2.75) is 32.2 Å². The molecule has 7 heteroatoms. The number of aliphatic carboxylic acids is 1. The fraction of sp³-hybridized carbons (Fsp3) is 0.778. The molecule has 0 saturated heterocycles. The summed E-state index contributed by atoms with van der Waals surface area (Å²) in [5.41, 5.74) is 0. The van der Waals surface area contributed by atoms with Crippen LogP contribution in [0.5, 0.6) is 0 Å². The molecule has 6 nitrogen and oxygen atoms in total. The summed E-state index contributed by atoms with van der Waals surface area (Å²) < 4.78 is 24.1. The second-order valence-electron chi connectivity index (χ2n) is 3.46. The number of hydrogen-bond acceptors (Lipinski definition) is 4. The van der Waals surface area contributed by atoms with Gasteiger partial charge in [0.2, 0.25) is 10.0 Å². The van der Waals surface area contributed by atoms with Gasteiger partial charge >= 0.3 is 5.97 Å². The lowest BCUT2D eigenvalue weighted by molar-refractivity contribution is -0.140. The Morgan fingerprint density at radius 3 is 2.50 bits per heavy atom. The molecule has 16 heavy (non-hydrogen) atoms. The molecule has 1 unspecified atom stereocenters. The Bertz CT molecular complexity index is 371. The number of carbonyl (C=O) groups is 1. The summed E-state index contributed by atoms with van der Waals surface area (Å²) in [6.07, 6.45) is 1.19. The van der Waals surface area contributed by atoms with Gasteiger partial charge in [-0.2, -0.15) is 9.57 Å². The monoisotopic (exact) mass is 248 g/mol. The van der Waals surface area contributed by atoms with Crippen LogP contribution in [0.4, 0.5) is 0 Å². The molecule has 0 aliphatic carbocycles. The fourth-order valence-electron chi connectivity index (χ4n) is 1.03. The van der Waals surface area contributed by atoms with Crippen molar-refractivity contribution in [3.63, 3.8) is 0 Å². The van der Waals surface area contributed by atoms with Crippen LogP contribution < -0.4 is 0 Å². The Morgan fingerprint density at radius 1 is 1.50 bits per heavy atom. The van der Waals surface area contributed by atoms with Crippen LogP contribution >= 0.6 is 0 Å². The molecule has 0 spiro atoms. The van der Waals surface area contributed by atoms with E-state index in [1.54, 1.807) is 0 Å². The summed E-state index contributed by atoms with van der Waals surface area (Å²) in [6, 6.07) is 0.853. The van der Waals surface area contributed by atoms with Gasteiger partial charge in [-0.3, -0.25) is 4.79 Å². The maximum Gasteiger partial charge on any atom is 0.321 e. The summed E-state index contributed by atoms with van der Waals surface area (Å²) in [5, 5.41) is 17.0. The van der Waals surface area contributed by atoms with Gasteiger partial charge in [-0.05, 0) is 19.8 Å². The number of carboxylic acids is 1. The van der Waals surface area contributed by atoms with Crippen molar-refractivity contribution in [1.82, 2.24) is 4.31 Å². The highest BCUT2D eigenvalue weighted by Crippen LogP contribution is 2.08. The molecule has 0 rings (SSSR count). The molecule has 0 radical (unpaired) electrons. The van der Waals surface area contributed by atoms with Crippen LogP contribution in [0.3, 0.4) is 0 Å². The maximum atomic E-state index is 11.6.